The Morgan fingerprint density at radius 1 is 1.36 bits per heavy atom. The van der Waals surface area contributed by atoms with E-state index in [1.54, 1.807) is 19.1 Å². The van der Waals surface area contributed by atoms with E-state index in [4.69, 9.17) is 9.47 Å². The molecule has 0 aliphatic carbocycles. The highest BCUT2D eigenvalue weighted by Gasteiger charge is 2.36. The molecule has 0 unspecified atom stereocenters. The SMILES string of the molecule is CC(=O)N[C@@H](C)[C@@H]1CN(c2ccc(N3CCOCC3)c(F)c2)C(=O)O1. The second-order valence-corrected chi connectivity index (χ2v) is 6.26. The van der Waals surface area contributed by atoms with Crippen molar-refractivity contribution in [2.24, 2.45) is 0 Å². The largest absolute Gasteiger partial charge is 0.442 e. The maximum Gasteiger partial charge on any atom is 0.414 e. The van der Waals surface area contributed by atoms with Gasteiger partial charge in [-0.25, -0.2) is 9.18 Å². The summed E-state index contributed by atoms with van der Waals surface area (Å²) < 4.78 is 25.1. The van der Waals surface area contributed by atoms with Crippen LogP contribution in [-0.2, 0) is 14.3 Å². The minimum Gasteiger partial charge on any atom is -0.442 e. The molecule has 0 spiro atoms. The molecule has 2 saturated heterocycles. The monoisotopic (exact) mass is 351 g/mol. The summed E-state index contributed by atoms with van der Waals surface area (Å²) in [7, 11) is 0. The first-order valence-electron chi connectivity index (χ1n) is 8.33. The topological polar surface area (TPSA) is 71.1 Å². The van der Waals surface area contributed by atoms with E-state index in [0.29, 0.717) is 37.7 Å². The van der Waals surface area contributed by atoms with E-state index in [9.17, 15) is 14.0 Å². The summed E-state index contributed by atoms with van der Waals surface area (Å²) in [5, 5.41) is 2.71. The normalized spacial score (nSPS) is 21.9. The fourth-order valence-corrected chi connectivity index (χ4v) is 3.09. The molecule has 2 amide bonds. The maximum atomic E-state index is 14.5. The number of rotatable bonds is 4. The molecule has 2 fully saturated rings. The number of hydrogen-bond acceptors (Lipinski definition) is 5. The van der Waals surface area contributed by atoms with E-state index in [2.05, 4.69) is 5.32 Å². The number of benzene rings is 1. The minimum atomic E-state index is -0.541. The Labute approximate surface area is 145 Å². The van der Waals surface area contributed by atoms with Gasteiger partial charge < -0.3 is 19.7 Å². The highest BCUT2D eigenvalue weighted by molar-refractivity contribution is 5.90. The van der Waals surface area contributed by atoms with Crippen molar-refractivity contribution in [3.63, 3.8) is 0 Å². The van der Waals surface area contributed by atoms with E-state index in [1.165, 1.54) is 17.9 Å². The summed E-state index contributed by atoms with van der Waals surface area (Å²) >= 11 is 0. The molecule has 2 heterocycles. The standard InChI is InChI=1S/C17H22FN3O4/c1-11(19-12(2)22)16-10-21(17(23)25-16)13-3-4-15(14(18)9-13)20-5-7-24-8-6-20/h3-4,9,11,16H,5-8,10H2,1-2H3,(H,19,22)/t11-,16-/m0/s1. The van der Waals surface area contributed by atoms with Crippen molar-refractivity contribution in [3.8, 4) is 0 Å². The minimum absolute atomic E-state index is 0.192. The molecule has 0 saturated carbocycles. The number of amides is 2. The van der Waals surface area contributed by atoms with Gasteiger partial charge in [-0.15, -0.1) is 0 Å². The van der Waals surface area contributed by atoms with Crippen LogP contribution < -0.4 is 15.1 Å². The average Bonchev–Trinajstić information content (AvgIpc) is 2.97. The summed E-state index contributed by atoms with van der Waals surface area (Å²) in [5.74, 6) is -0.575. The fourth-order valence-electron chi connectivity index (χ4n) is 3.09. The van der Waals surface area contributed by atoms with Gasteiger partial charge in [-0.1, -0.05) is 0 Å². The lowest BCUT2D eigenvalue weighted by atomic mass is 10.1. The molecule has 1 aromatic carbocycles. The van der Waals surface area contributed by atoms with Gasteiger partial charge in [0, 0.05) is 20.0 Å². The van der Waals surface area contributed by atoms with Gasteiger partial charge in [-0.05, 0) is 25.1 Å². The van der Waals surface area contributed by atoms with Crippen LogP contribution in [0, 0.1) is 5.82 Å². The second kappa shape index (κ2) is 7.26. The first kappa shape index (κ1) is 17.5. The van der Waals surface area contributed by atoms with E-state index >= 15 is 0 Å². The number of anilines is 2. The third-order valence-corrected chi connectivity index (χ3v) is 4.42. The molecule has 8 heteroatoms. The van der Waals surface area contributed by atoms with E-state index in [1.807, 2.05) is 4.90 Å². The van der Waals surface area contributed by atoms with E-state index < -0.39 is 12.2 Å². The number of nitrogens with one attached hydrogen (secondary N) is 1. The van der Waals surface area contributed by atoms with E-state index in [0.717, 1.165) is 0 Å². The molecular weight excluding hydrogens is 329 g/mol. The van der Waals surface area contributed by atoms with E-state index in [-0.39, 0.29) is 24.3 Å². The van der Waals surface area contributed by atoms with Crippen LogP contribution in [-0.4, -0.2) is 57.0 Å². The Hall–Kier alpha value is -2.35. The molecule has 136 valence electrons. The predicted octanol–water partition coefficient (Wildman–Crippen LogP) is 1.51. The fraction of sp³-hybridized carbons (Fsp3) is 0.529. The molecule has 0 aromatic heterocycles. The van der Waals surface area contributed by atoms with Crippen LogP contribution in [0.5, 0.6) is 0 Å². The molecule has 1 N–H and O–H groups in total. The zero-order valence-electron chi connectivity index (χ0n) is 14.3. The Kier molecular flexibility index (Phi) is 5.08. The Morgan fingerprint density at radius 3 is 2.72 bits per heavy atom. The van der Waals surface area contributed by atoms with Crippen molar-refractivity contribution in [1.82, 2.24) is 5.32 Å². The quantitative estimate of drug-likeness (QED) is 0.890. The smallest absolute Gasteiger partial charge is 0.414 e. The zero-order chi connectivity index (χ0) is 18.0. The molecule has 2 aliphatic heterocycles. The lowest BCUT2D eigenvalue weighted by Gasteiger charge is -2.29. The van der Waals surface area contributed by atoms with Crippen LogP contribution in [0.3, 0.4) is 0 Å². The number of hydrogen-bond donors (Lipinski definition) is 1. The van der Waals surface area contributed by atoms with Crippen LogP contribution in [0.4, 0.5) is 20.6 Å². The Morgan fingerprint density at radius 2 is 2.08 bits per heavy atom. The van der Waals surface area contributed by atoms with Gasteiger partial charge in [0.25, 0.3) is 0 Å². The van der Waals surface area contributed by atoms with Gasteiger partial charge in [0.1, 0.15) is 11.9 Å². The maximum absolute atomic E-state index is 14.5. The molecule has 25 heavy (non-hydrogen) atoms. The number of nitrogens with zero attached hydrogens (tertiary/aromatic N) is 2. The van der Waals surface area contributed by atoms with Gasteiger partial charge in [-0.3, -0.25) is 9.69 Å². The molecule has 2 atom stereocenters. The molecule has 2 aliphatic rings. The number of halogens is 1. The molecule has 1 aromatic rings. The third-order valence-electron chi connectivity index (χ3n) is 4.42. The zero-order valence-corrected chi connectivity index (χ0v) is 14.3. The van der Waals surface area contributed by atoms with Crippen LogP contribution in [0.2, 0.25) is 0 Å². The highest BCUT2D eigenvalue weighted by Crippen LogP contribution is 2.28. The summed E-state index contributed by atoms with van der Waals surface area (Å²) in [5.41, 5.74) is 0.944. The van der Waals surface area contributed by atoms with Gasteiger partial charge in [0.05, 0.1) is 37.2 Å². The predicted molar refractivity (Wildman–Crippen MR) is 90.3 cm³/mol. The number of cyclic esters (lactones) is 1. The van der Waals surface area contributed by atoms with Crippen molar-refractivity contribution < 1.29 is 23.5 Å². The van der Waals surface area contributed by atoms with Crippen molar-refractivity contribution in [2.75, 3.05) is 42.6 Å². The highest BCUT2D eigenvalue weighted by atomic mass is 19.1. The first-order chi connectivity index (χ1) is 12.0. The van der Waals surface area contributed by atoms with Gasteiger partial charge in [-0.2, -0.15) is 0 Å². The summed E-state index contributed by atoms with van der Waals surface area (Å²) in [6, 6.07) is 4.41. The van der Waals surface area contributed by atoms with Gasteiger partial charge in [0.2, 0.25) is 5.91 Å². The first-order valence-corrected chi connectivity index (χ1v) is 8.33. The number of carbonyl (C=O) groups is 2. The molecular formula is C17H22FN3O4. The summed E-state index contributed by atoms with van der Waals surface area (Å²) in [6.07, 6.45) is -1.01. The third kappa shape index (κ3) is 3.84. The second-order valence-electron chi connectivity index (χ2n) is 6.26. The van der Waals surface area contributed by atoms with Crippen LogP contribution in [0.1, 0.15) is 13.8 Å². The number of ether oxygens (including phenoxy) is 2. The Balaban J connectivity index is 1.72. The Bertz CT molecular complexity index is 663. The molecule has 0 radical (unpaired) electrons. The molecule has 7 nitrogen and oxygen atoms in total. The number of carbonyl (C=O) groups excluding carboxylic acids is 2. The lowest BCUT2D eigenvalue weighted by molar-refractivity contribution is -0.120. The summed E-state index contributed by atoms with van der Waals surface area (Å²) in [6.45, 7) is 5.85. The van der Waals surface area contributed by atoms with Crippen LogP contribution in [0.15, 0.2) is 18.2 Å². The van der Waals surface area contributed by atoms with Crippen molar-refractivity contribution in [3.05, 3.63) is 24.0 Å². The average molecular weight is 351 g/mol. The lowest BCUT2D eigenvalue weighted by Crippen LogP contribution is -2.42. The van der Waals surface area contributed by atoms with Crippen molar-refractivity contribution >= 4 is 23.4 Å². The number of morpholine rings is 1. The molecule has 3 rings (SSSR count). The van der Waals surface area contributed by atoms with Crippen molar-refractivity contribution in [2.45, 2.75) is 26.0 Å². The van der Waals surface area contributed by atoms with Gasteiger partial charge >= 0.3 is 6.09 Å². The van der Waals surface area contributed by atoms with Crippen molar-refractivity contribution in [1.29, 1.82) is 0 Å². The van der Waals surface area contributed by atoms with Crippen LogP contribution >= 0.6 is 0 Å². The molecule has 0 bridgehead atoms. The van der Waals surface area contributed by atoms with Crippen LogP contribution in [0.25, 0.3) is 0 Å². The summed E-state index contributed by atoms with van der Waals surface area (Å²) in [4.78, 5) is 26.6. The van der Waals surface area contributed by atoms with Gasteiger partial charge in [0.15, 0.2) is 0 Å².